The Hall–Kier alpha value is 0.310. The minimum atomic E-state index is -1.22. The van der Waals surface area contributed by atoms with Crippen LogP contribution in [-0.4, -0.2) is 19.8 Å². The maximum atomic E-state index is 6.21. The van der Waals surface area contributed by atoms with E-state index in [1.165, 1.54) is 77.0 Å². The van der Waals surface area contributed by atoms with Crippen LogP contribution in [0.4, 0.5) is 0 Å². The van der Waals surface area contributed by atoms with Gasteiger partial charge in [0.2, 0.25) is 0 Å². The van der Waals surface area contributed by atoms with Gasteiger partial charge in [-0.2, -0.15) is 0 Å². The molecule has 170 valence electrons. The maximum Gasteiger partial charge on any atom is 0.332 e. The van der Waals surface area contributed by atoms with Gasteiger partial charge in [0, 0.05) is 0 Å². The first-order valence-corrected chi connectivity index (χ1v) is 13.4. The molecule has 3 atom stereocenters. The van der Waals surface area contributed by atoms with Gasteiger partial charge in [-0.05, 0) is 37.0 Å². The molecule has 28 heavy (non-hydrogen) atoms. The fourth-order valence-electron chi connectivity index (χ4n) is 3.30. The summed E-state index contributed by atoms with van der Waals surface area (Å²) in [7, 11) is -1.22. The Kier molecular flexibility index (Phi) is 20.8. The minimum absolute atomic E-state index is 0.626. The van der Waals surface area contributed by atoms with Crippen molar-refractivity contribution in [2.45, 2.75) is 119 Å². The van der Waals surface area contributed by atoms with Crippen LogP contribution in [0.3, 0.4) is 0 Å². The summed E-state index contributed by atoms with van der Waals surface area (Å²) in [5.74, 6) is 1.88. The minimum Gasteiger partial charge on any atom is -0.312 e. The van der Waals surface area contributed by atoms with Gasteiger partial charge < -0.3 is 13.6 Å². The van der Waals surface area contributed by atoms with Crippen LogP contribution in [0, 0.1) is 17.8 Å². The molecule has 0 bridgehead atoms. The van der Waals surface area contributed by atoms with Crippen molar-refractivity contribution in [2.75, 3.05) is 19.8 Å². The van der Waals surface area contributed by atoms with Crippen molar-refractivity contribution < 1.29 is 13.6 Å². The van der Waals surface area contributed by atoms with E-state index in [1.54, 1.807) is 0 Å². The van der Waals surface area contributed by atoms with Gasteiger partial charge in [-0.3, -0.25) is 0 Å². The standard InChI is InChI=1S/C24H51O3P/c1-7-13-16-22(10-4)19-25-28(26-20-23(11-5)17-14-8-2)27-21-24(12-6)18-15-9-3/h22-24H,7-21H2,1-6H3/t22-,23-,24+/m0/s1. The van der Waals surface area contributed by atoms with E-state index < -0.39 is 8.60 Å². The van der Waals surface area contributed by atoms with Crippen LogP contribution >= 0.6 is 8.60 Å². The van der Waals surface area contributed by atoms with Crippen LogP contribution in [0.15, 0.2) is 0 Å². The first kappa shape index (κ1) is 28.3. The Bertz CT molecular complexity index is 267. The molecule has 4 heteroatoms. The van der Waals surface area contributed by atoms with Gasteiger partial charge in [0.25, 0.3) is 0 Å². The second-order valence-corrected chi connectivity index (χ2v) is 9.58. The molecule has 0 fully saturated rings. The summed E-state index contributed by atoms with van der Waals surface area (Å²) in [6.07, 6.45) is 14.9. The van der Waals surface area contributed by atoms with Gasteiger partial charge in [-0.15, -0.1) is 0 Å². The molecule has 0 aliphatic carbocycles. The summed E-state index contributed by atoms with van der Waals surface area (Å²) in [6, 6.07) is 0. The van der Waals surface area contributed by atoms with Crippen molar-refractivity contribution in [3.63, 3.8) is 0 Å². The van der Waals surface area contributed by atoms with Gasteiger partial charge in [0.05, 0.1) is 19.8 Å². The number of rotatable bonds is 21. The summed E-state index contributed by atoms with van der Waals surface area (Å²) in [6.45, 7) is 15.9. The molecule has 0 amide bonds. The fourth-order valence-corrected chi connectivity index (χ4v) is 4.53. The lowest BCUT2D eigenvalue weighted by atomic mass is 10.0. The molecule has 0 aromatic rings. The SMILES string of the molecule is CCCC[C@@H](CC)COP(OC[C@@H](CC)CCCC)OC[C@@H](CC)CCCC. The first-order chi connectivity index (χ1) is 13.6. The lowest BCUT2D eigenvalue weighted by Gasteiger charge is -2.24. The molecule has 3 nitrogen and oxygen atoms in total. The van der Waals surface area contributed by atoms with E-state index in [4.69, 9.17) is 13.6 Å². The Morgan fingerprint density at radius 2 is 0.786 bits per heavy atom. The van der Waals surface area contributed by atoms with Crippen molar-refractivity contribution in [3.8, 4) is 0 Å². The van der Waals surface area contributed by atoms with E-state index in [1.807, 2.05) is 0 Å². The largest absolute Gasteiger partial charge is 0.332 e. The number of hydrogen-bond donors (Lipinski definition) is 0. The summed E-state index contributed by atoms with van der Waals surface area (Å²) >= 11 is 0. The van der Waals surface area contributed by atoms with Gasteiger partial charge >= 0.3 is 8.60 Å². The van der Waals surface area contributed by atoms with Crippen molar-refractivity contribution in [3.05, 3.63) is 0 Å². The van der Waals surface area contributed by atoms with Crippen LogP contribution < -0.4 is 0 Å². The molecule has 0 unspecified atom stereocenters. The fraction of sp³-hybridized carbons (Fsp3) is 1.00. The summed E-state index contributed by atoms with van der Waals surface area (Å²) in [5.41, 5.74) is 0. The first-order valence-electron chi connectivity index (χ1n) is 12.3. The van der Waals surface area contributed by atoms with Gasteiger partial charge in [-0.25, -0.2) is 0 Å². The van der Waals surface area contributed by atoms with Gasteiger partial charge in [-0.1, -0.05) is 99.3 Å². The smallest absolute Gasteiger partial charge is 0.312 e. The highest BCUT2D eigenvalue weighted by Gasteiger charge is 2.20. The molecule has 0 heterocycles. The zero-order valence-electron chi connectivity index (χ0n) is 20.0. The number of hydrogen-bond acceptors (Lipinski definition) is 3. The van der Waals surface area contributed by atoms with Gasteiger partial charge in [0.1, 0.15) is 0 Å². The summed E-state index contributed by atoms with van der Waals surface area (Å²) in [5, 5.41) is 0. The van der Waals surface area contributed by atoms with E-state index in [9.17, 15) is 0 Å². The Balaban J connectivity index is 4.60. The molecule has 0 saturated carbocycles. The molecule has 0 radical (unpaired) electrons. The molecule has 0 rings (SSSR count). The third-order valence-electron chi connectivity index (χ3n) is 5.88. The predicted octanol–water partition coefficient (Wildman–Crippen LogP) is 8.91. The topological polar surface area (TPSA) is 27.7 Å². The van der Waals surface area contributed by atoms with Crippen molar-refractivity contribution >= 4 is 8.60 Å². The molecule has 0 N–H and O–H groups in total. The average Bonchev–Trinajstić information content (AvgIpc) is 2.73. The Labute approximate surface area is 178 Å². The highest BCUT2D eigenvalue weighted by Crippen LogP contribution is 2.42. The molecule has 0 saturated heterocycles. The third-order valence-corrected chi connectivity index (χ3v) is 6.96. The van der Waals surface area contributed by atoms with Crippen molar-refractivity contribution in [1.82, 2.24) is 0 Å². The maximum absolute atomic E-state index is 6.21. The summed E-state index contributed by atoms with van der Waals surface area (Å²) in [4.78, 5) is 0. The molecule has 0 aliphatic rings. The van der Waals surface area contributed by atoms with Crippen molar-refractivity contribution in [2.24, 2.45) is 17.8 Å². The molecule has 0 aromatic carbocycles. The zero-order valence-corrected chi connectivity index (χ0v) is 20.9. The highest BCUT2D eigenvalue weighted by atomic mass is 31.2. The molecular formula is C24H51O3P. The third kappa shape index (κ3) is 15.2. The van der Waals surface area contributed by atoms with E-state index >= 15 is 0 Å². The highest BCUT2D eigenvalue weighted by molar-refractivity contribution is 7.41. The second-order valence-electron chi connectivity index (χ2n) is 8.36. The Morgan fingerprint density at radius 1 is 0.500 bits per heavy atom. The van der Waals surface area contributed by atoms with Gasteiger partial charge in [0.15, 0.2) is 0 Å². The second kappa shape index (κ2) is 20.6. The monoisotopic (exact) mass is 418 g/mol. The molecule has 0 spiro atoms. The average molecular weight is 419 g/mol. The normalized spacial score (nSPS) is 15.1. The van der Waals surface area contributed by atoms with E-state index in [-0.39, 0.29) is 0 Å². The lowest BCUT2D eigenvalue weighted by Crippen LogP contribution is -2.13. The van der Waals surface area contributed by atoms with Crippen molar-refractivity contribution in [1.29, 1.82) is 0 Å². The van der Waals surface area contributed by atoms with Crippen LogP contribution in [0.1, 0.15) is 119 Å². The quantitative estimate of drug-likeness (QED) is 0.174. The Morgan fingerprint density at radius 3 is 1.00 bits per heavy atom. The van der Waals surface area contributed by atoms with E-state index in [0.717, 1.165) is 19.8 Å². The zero-order chi connectivity index (χ0) is 21.0. The summed E-state index contributed by atoms with van der Waals surface area (Å²) < 4.78 is 18.6. The van der Waals surface area contributed by atoms with E-state index in [2.05, 4.69) is 41.5 Å². The lowest BCUT2D eigenvalue weighted by molar-refractivity contribution is 0.110. The van der Waals surface area contributed by atoms with Crippen LogP contribution in [0.25, 0.3) is 0 Å². The van der Waals surface area contributed by atoms with Crippen LogP contribution in [0.2, 0.25) is 0 Å². The van der Waals surface area contributed by atoms with Crippen LogP contribution in [0.5, 0.6) is 0 Å². The molecule has 0 aromatic heterocycles. The number of unbranched alkanes of at least 4 members (excludes halogenated alkanes) is 3. The molecular weight excluding hydrogens is 367 g/mol. The predicted molar refractivity (Wildman–Crippen MR) is 125 cm³/mol. The van der Waals surface area contributed by atoms with Crippen LogP contribution in [-0.2, 0) is 13.6 Å². The van der Waals surface area contributed by atoms with E-state index in [0.29, 0.717) is 17.8 Å². The molecule has 0 aliphatic heterocycles.